The van der Waals surface area contributed by atoms with Crippen LogP contribution in [-0.4, -0.2) is 77.2 Å². The van der Waals surface area contributed by atoms with Crippen LogP contribution in [-0.2, 0) is 20.7 Å². The molecule has 0 radical (unpaired) electrons. The van der Waals surface area contributed by atoms with E-state index in [1.54, 1.807) is 4.90 Å². The van der Waals surface area contributed by atoms with E-state index in [9.17, 15) is 14.4 Å². The van der Waals surface area contributed by atoms with E-state index in [2.05, 4.69) is 16.1 Å². The number of hydrogen-bond donors (Lipinski definition) is 3. The minimum atomic E-state index is -0.564. The molecule has 0 aromatic heterocycles. The molecule has 2 aliphatic heterocycles. The Labute approximate surface area is 275 Å². The van der Waals surface area contributed by atoms with Crippen molar-refractivity contribution >= 4 is 29.5 Å². The van der Waals surface area contributed by atoms with Gasteiger partial charge in [0.05, 0.1) is 11.5 Å². The van der Waals surface area contributed by atoms with E-state index in [1.807, 2.05) is 70.8 Å². The number of halogens is 1. The lowest BCUT2D eigenvalue weighted by Gasteiger charge is -2.47. The smallest absolute Gasteiger partial charge is 0.410 e. The molecule has 2 atom stereocenters. The number of hydrogen-bond acceptors (Lipinski definition) is 6. The first-order chi connectivity index (χ1) is 21.1. The lowest BCUT2D eigenvalue weighted by molar-refractivity contribution is -0.143. The first-order valence-corrected chi connectivity index (χ1v) is 17.4. The molecule has 3 aliphatic rings. The van der Waals surface area contributed by atoms with Crippen LogP contribution < -0.4 is 16.1 Å². The topological polar surface area (TPSA) is 103 Å². The second kappa shape index (κ2) is 15.0. The van der Waals surface area contributed by atoms with Crippen molar-refractivity contribution in [2.45, 2.75) is 129 Å². The molecule has 1 aromatic carbocycles. The molecule has 2 saturated heterocycles. The number of ether oxygens (including phenoxy) is 1. The van der Waals surface area contributed by atoms with Gasteiger partial charge in [0.2, 0.25) is 5.91 Å². The molecule has 0 unspecified atom stereocenters. The van der Waals surface area contributed by atoms with Gasteiger partial charge in [0, 0.05) is 42.8 Å². The van der Waals surface area contributed by atoms with Crippen LogP contribution in [0.4, 0.5) is 4.79 Å². The lowest BCUT2D eigenvalue weighted by atomic mass is 9.63. The zero-order chi connectivity index (χ0) is 32.8. The molecule has 1 aromatic rings. The standard InChI is InChI=1S/C35H56ClN5O4/c1-33(2,3)38-31(43)35(26-11-8-7-9-12-26)18-21-40(22-19-35)39-30(42)29(23-25-14-16-27(36)17-15-25)37-24-28-13-10-20-41(28)32(44)45-34(4,5)6/h14-17,26,28-29,37H,7-13,18-24H2,1-6H3,(H,38,43)(H,39,42)/t28-,29-/m1/s1. The highest BCUT2D eigenvalue weighted by Gasteiger charge is 2.48. The molecule has 10 heteroatoms. The molecule has 4 rings (SSSR count). The van der Waals surface area contributed by atoms with Crippen LogP contribution in [0.1, 0.15) is 105 Å². The number of carbonyl (C=O) groups excluding carboxylic acids is 3. The van der Waals surface area contributed by atoms with Crippen molar-refractivity contribution in [1.82, 2.24) is 26.0 Å². The van der Waals surface area contributed by atoms with Crippen LogP contribution >= 0.6 is 11.6 Å². The number of benzene rings is 1. The molecule has 1 aliphatic carbocycles. The van der Waals surface area contributed by atoms with E-state index in [1.165, 1.54) is 19.3 Å². The van der Waals surface area contributed by atoms with Gasteiger partial charge < -0.3 is 20.3 Å². The summed E-state index contributed by atoms with van der Waals surface area (Å²) in [6.45, 7) is 14.1. The Morgan fingerprint density at radius 2 is 1.58 bits per heavy atom. The second-order valence-electron chi connectivity index (χ2n) is 15.4. The highest BCUT2D eigenvalue weighted by Crippen LogP contribution is 2.46. The van der Waals surface area contributed by atoms with Crippen molar-refractivity contribution in [2.24, 2.45) is 11.3 Å². The minimum absolute atomic E-state index is 0.0483. The van der Waals surface area contributed by atoms with Gasteiger partial charge in [0.25, 0.3) is 5.91 Å². The van der Waals surface area contributed by atoms with Crippen LogP contribution in [0.5, 0.6) is 0 Å². The van der Waals surface area contributed by atoms with Gasteiger partial charge in [-0.3, -0.25) is 15.0 Å². The van der Waals surface area contributed by atoms with E-state index in [0.29, 0.717) is 43.5 Å². The maximum Gasteiger partial charge on any atom is 0.410 e. The molecule has 1 saturated carbocycles. The fourth-order valence-electron chi connectivity index (χ4n) is 7.19. The summed E-state index contributed by atoms with van der Waals surface area (Å²) >= 11 is 6.14. The van der Waals surface area contributed by atoms with E-state index in [0.717, 1.165) is 44.1 Å². The normalized spacial score (nSPS) is 22.1. The third-order valence-electron chi connectivity index (χ3n) is 9.53. The molecular weight excluding hydrogens is 590 g/mol. The second-order valence-corrected chi connectivity index (χ2v) is 15.9. The molecule has 3 fully saturated rings. The summed E-state index contributed by atoms with van der Waals surface area (Å²) in [4.78, 5) is 42.3. The zero-order valence-electron chi connectivity index (χ0n) is 28.3. The van der Waals surface area contributed by atoms with Crippen LogP contribution in [0.2, 0.25) is 5.02 Å². The molecule has 3 amide bonds. The Morgan fingerprint density at radius 3 is 2.18 bits per heavy atom. The molecule has 45 heavy (non-hydrogen) atoms. The van der Waals surface area contributed by atoms with Crippen molar-refractivity contribution in [3.05, 3.63) is 34.9 Å². The van der Waals surface area contributed by atoms with Crippen molar-refractivity contribution < 1.29 is 19.1 Å². The number of carbonyl (C=O) groups is 3. The van der Waals surface area contributed by atoms with Gasteiger partial charge >= 0.3 is 6.09 Å². The molecular formula is C35H56ClN5O4. The van der Waals surface area contributed by atoms with Crippen molar-refractivity contribution in [3.63, 3.8) is 0 Å². The summed E-state index contributed by atoms with van der Waals surface area (Å²) in [5, 5.41) is 9.43. The van der Waals surface area contributed by atoms with Crippen LogP contribution in [0.15, 0.2) is 24.3 Å². The number of piperidine rings is 1. The zero-order valence-corrected chi connectivity index (χ0v) is 29.1. The third kappa shape index (κ3) is 10.1. The number of likely N-dealkylation sites (tertiary alicyclic amines) is 1. The fraction of sp³-hybridized carbons (Fsp3) is 0.743. The van der Waals surface area contributed by atoms with Gasteiger partial charge in [0.1, 0.15) is 5.60 Å². The minimum Gasteiger partial charge on any atom is -0.444 e. The maximum atomic E-state index is 13.8. The van der Waals surface area contributed by atoms with Gasteiger partial charge in [-0.05, 0) is 110 Å². The first kappa shape index (κ1) is 35.5. The molecule has 2 heterocycles. The average Bonchev–Trinajstić information content (AvgIpc) is 3.44. The predicted molar refractivity (Wildman–Crippen MR) is 179 cm³/mol. The highest BCUT2D eigenvalue weighted by molar-refractivity contribution is 6.30. The van der Waals surface area contributed by atoms with Crippen molar-refractivity contribution in [3.8, 4) is 0 Å². The monoisotopic (exact) mass is 645 g/mol. The van der Waals surface area contributed by atoms with E-state index >= 15 is 0 Å². The average molecular weight is 646 g/mol. The van der Waals surface area contributed by atoms with E-state index in [-0.39, 0.29) is 29.5 Å². The molecule has 9 nitrogen and oxygen atoms in total. The largest absolute Gasteiger partial charge is 0.444 e. The summed E-state index contributed by atoms with van der Waals surface area (Å²) in [6.07, 6.45) is 9.17. The predicted octanol–water partition coefficient (Wildman–Crippen LogP) is 5.85. The van der Waals surface area contributed by atoms with Crippen LogP contribution in [0.25, 0.3) is 0 Å². The van der Waals surface area contributed by atoms with Crippen LogP contribution in [0.3, 0.4) is 0 Å². The highest BCUT2D eigenvalue weighted by atomic mass is 35.5. The summed E-state index contributed by atoms with van der Waals surface area (Å²) in [6, 6.07) is 7.01. The first-order valence-electron chi connectivity index (χ1n) is 17.0. The Balaban J connectivity index is 1.42. The number of nitrogens with zero attached hydrogens (tertiary/aromatic N) is 2. The Hall–Kier alpha value is -2.36. The quantitative estimate of drug-likeness (QED) is 0.312. The summed E-state index contributed by atoms with van der Waals surface area (Å²) < 4.78 is 5.65. The van der Waals surface area contributed by atoms with Gasteiger partial charge in [-0.25, -0.2) is 9.80 Å². The number of nitrogens with one attached hydrogen (secondary N) is 3. The Morgan fingerprint density at radius 1 is 0.933 bits per heavy atom. The number of amides is 3. The van der Waals surface area contributed by atoms with Gasteiger partial charge in [-0.15, -0.1) is 0 Å². The third-order valence-corrected chi connectivity index (χ3v) is 9.78. The maximum absolute atomic E-state index is 13.8. The van der Waals surface area contributed by atoms with Crippen molar-refractivity contribution in [1.29, 1.82) is 0 Å². The molecule has 0 spiro atoms. The van der Waals surface area contributed by atoms with Gasteiger partial charge in [-0.2, -0.15) is 0 Å². The fourth-order valence-corrected chi connectivity index (χ4v) is 7.32. The number of rotatable bonds is 9. The van der Waals surface area contributed by atoms with Crippen LogP contribution in [0, 0.1) is 11.3 Å². The molecule has 252 valence electrons. The molecule has 3 N–H and O–H groups in total. The summed E-state index contributed by atoms with van der Waals surface area (Å²) in [5.41, 5.74) is 2.93. The molecule has 0 bridgehead atoms. The van der Waals surface area contributed by atoms with E-state index < -0.39 is 17.1 Å². The van der Waals surface area contributed by atoms with Gasteiger partial charge in [-0.1, -0.05) is 43.0 Å². The SMILES string of the molecule is CC(C)(C)NC(=O)C1(C2CCCCC2)CCN(NC(=O)[C@@H](Cc2ccc(Cl)cc2)NC[C@H]2CCCN2C(=O)OC(C)(C)C)CC1. The summed E-state index contributed by atoms with van der Waals surface area (Å²) in [7, 11) is 0. The van der Waals surface area contributed by atoms with Crippen molar-refractivity contribution in [2.75, 3.05) is 26.2 Å². The lowest BCUT2D eigenvalue weighted by Crippen LogP contribution is -2.60. The van der Waals surface area contributed by atoms with Gasteiger partial charge in [0.15, 0.2) is 0 Å². The van der Waals surface area contributed by atoms with E-state index in [4.69, 9.17) is 16.3 Å². The Kier molecular flexibility index (Phi) is 11.9. The number of hydrazine groups is 1. The Bertz CT molecular complexity index is 1150. The summed E-state index contributed by atoms with van der Waals surface area (Å²) in [5.74, 6) is 0.433.